The van der Waals surface area contributed by atoms with Crippen molar-refractivity contribution in [1.82, 2.24) is 9.88 Å². The molecule has 116 valence electrons. The van der Waals surface area contributed by atoms with Crippen LogP contribution in [0.1, 0.15) is 42.7 Å². The fourth-order valence-corrected chi connectivity index (χ4v) is 2.92. The standard InChI is InChI=1S/C16H25N3O2/c1-4-13-9-12(16(20)21)10-15(17-13)19-8-6-7-18(3)11-14(19)5-2/h9-10,14H,4-8,11H2,1-3H3,(H,20,21). The predicted octanol–water partition coefficient (Wildman–Crippen LogP) is 2.26. The van der Waals surface area contributed by atoms with Crippen LogP contribution in [0.15, 0.2) is 12.1 Å². The van der Waals surface area contributed by atoms with Crippen molar-refractivity contribution in [3.8, 4) is 0 Å². The molecular formula is C16H25N3O2. The Morgan fingerprint density at radius 1 is 1.38 bits per heavy atom. The van der Waals surface area contributed by atoms with Gasteiger partial charge in [-0.25, -0.2) is 9.78 Å². The van der Waals surface area contributed by atoms with Crippen molar-refractivity contribution in [2.75, 3.05) is 31.6 Å². The lowest BCUT2D eigenvalue weighted by Gasteiger charge is -2.31. The van der Waals surface area contributed by atoms with E-state index in [9.17, 15) is 9.90 Å². The van der Waals surface area contributed by atoms with Crippen LogP contribution in [0.3, 0.4) is 0 Å². The lowest BCUT2D eigenvalue weighted by molar-refractivity contribution is 0.0696. The summed E-state index contributed by atoms with van der Waals surface area (Å²) in [7, 11) is 2.14. The van der Waals surface area contributed by atoms with Gasteiger partial charge in [-0.2, -0.15) is 0 Å². The zero-order valence-corrected chi connectivity index (χ0v) is 13.2. The first-order chi connectivity index (χ1) is 10.0. The molecule has 1 aromatic rings. The van der Waals surface area contributed by atoms with E-state index in [-0.39, 0.29) is 0 Å². The van der Waals surface area contributed by atoms with Crippen molar-refractivity contribution in [1.29, 1.82) is 0 Å². The monoisotopic (exact) mass is 291 g/mol. The molecule has 1 aliphatic heterocycles. The Morgan fingerprint density at radius 3 is 2.76 bits per heavy atom. The Morgan fingerprint density at radius 2 is 2.14 bits per heavy atom. The summed E-state index contributed by atoms with van der Waals surface area (Å²) in [5.41, 5.74) is 1.18. The molecular weight excluding hydrogens is 266 g/mol. The second-order valence-corrected chi connectivity index (χ2v) is 5.74. The first-order valence-electron chi connectivity index (χ1n) is 7.74. The number of aryl methyl sites for hydroxylation is 1. The van der Waals surface area contributed by atoms with Crippen LogP contribution in [0.4, 0.5) is 5.82 Å². The Bertz CT molecular complexity index is 504. The van der Waals surface area contributed by atoms with Gasteiger partial charge in [-0.05, 0) is 45.0 Å². The molecule has 0 aromatic carbocycles. The molecule has 1 unspecified atom stereocenters. The molecule has 1 atom stereocenters. The van der Waals surface area contributed by atoms with Crippen molar-refractivity contribution in [2.45, 2.75) is 39.2 Å². The van der Waals surface area contributed by atoms with Crippen LogP contribution in [0, 0.1) is 0 Å². The molecule has 2 rings (SSSR count). The number of rotatable bonds is 4. The third-order valence-electron chi connectivity index (χ3n) is 4.14. The number of anilines is 1. The quantitative estimate of drug-likeness (QED) is 0.922. The third kappa shape index (κ3) is 3.73. The van der Waals surface area contributed by atoms with Gasteiger partial charge in [-0.1, -0.05) is 13.8 Å². The number of nitrogens with zero attached hydrogens (tertiary/aromatic N) is 3. The molecule has 2 heterocycles. The molecule has 1 aliphatic rings. The molecule has 0 bridgehead atoms. The maximum absolute atomic E-state index is 11.3. The summed E-state index contributed by atoms with van der Waals surface area (Å²) in [4.78, 5) is 20.6. The van der Waals surface area contributed by atoms with Crippen molar-refractivity contribution in [2.24, 2.45) is 0 Å². The van der Waals surface area contributed by atoms with Gasteiger partial charge in [0.05, 0.1) is 5.56 Å². The van der Waals surface area contributed by atoms with Crippen LogP contribution in [-0.2, 0) is 6.42 Å². The van der Waals surface area contributed by atoms with Crippen molar-refractivity contribution in [3.63, 3.8) is 0 Å². The summed E-state index contributed by atoms with van der Waals surface area (Å²) in [6.07, 6.45) is 2.86. The summed E-state index contributed by atoms with van der Waals surface area (Å²) in [5.74, 6) is -0.0674. The normalized spacial score (nSPS) is 20.3. The third-order valence-corrected chi connectivity index (χ3v) is 4.14. The molecule has 5 heteroatoms. The first kappa shape index (κ1) is 15.8. The maximum atomic E-state index is 11.3. The van der Waals surface area contributed by atoms with Crippen LogP contribution in [0.25, 0.3) is 0 Å². The van der Waals surface area contributed by atoms with Crippen LogP contribution >= 0.6 is 0 Å². The average Bonchev–Trinajstić information content (AvgIpc) is 2.67. The summed E-state index contributed by atoms with van der Waals surface area (Å²) in [6.45, 7) is 7.19. The second kappa shape index (κ2) is 6.89. The molecule has 1 fully saturated rings. The Kier molecular flexibility index (Phi) is 5.17. The Balaban J connectivity index is 2.37. The molecule has 21 heavy (non-hydrogen) atoms. The summed E-state index contributed by atoms with van der Waals surface area (Å²) >= 11 is 0. The number of carboxylic acids is 1. The average molecular weight is 291 g/mol. The van der Waals surface area contributed by atoms with E-state index in [0.717, 1.165) is 50.4 Å². The fraction of sp³-hybridized carbons (Fsp3) is 0.625. The SMILES string of the molecule is CCc1cc(C(=O)O)cc(N2CCCN(C)CC2CC)n1. The minimum atomic E-state index is -0.881. The largest absolute Gasteiger partial charge is 0.478 e. The van der Waals surface area contributed by atoms with E-state index in [0.29, 0.717) is 11.6 Å². The summed E-state index contributed by atoms with van der Waals surface area (Å²) < 4.78 is 0. The van der Waals surface area contributed by atoms with Crippen LogP contribution < -0.4 is 4.90 Å². The minimum Gasteiger partial charge on any atom is -0.478 e. The van der Waals surface area contributed by atoms with E-state index in [1.807, 2.05) is 6.92 Å². The number of aromatic nitrogens is 1. The molecule has 0 aliphatic carbocycles. The number of aromatic carboxylic acids is 1. The lowest BCUT2D eigenvalue weighted by Crippen LogP contribution is -2.40. The number of carboxylic acid groups (broad SMARTS) is 1. The maximum Gasteiger partial charge on any atom is 0.335 e. The van der Waals surface area contributed by atoms with Gasteiger partial charge in [-0.3, -0.25) is 0 Å². The molecule has 0 saturated carbocycles. The molecule has 1 N–H and O–H groups in total. The minimum absolute atomic E-state index is 0.337. The van der Waals surface area contributed by atoms with Crippen LogP contribution in [0.2, 0.25) is 0 Å². The molecule has 1 saturated heterocycles. The number of carbonyl (C=O) groups is 1. The number of likely N-dealkylation sites (N-methyl/N-ethyl adjacent to an activating group) is 1. The number of hydrogen-bond donors (Lipinski definition) is 1. The van der Waals surface area contributed by atoms with Gasteiger partial charge >= 0.3 is 5.97 Å². The highest BCUT2D eigenvalue weighted by atomic mass is 16.4. The predicted molar refractivity (Wildman–Crippen MR) is 84.1 cm³/mol. The molecule has 0 amide bonds. The van der Waals surface area contributed by atoms with Gasteiger partial charge in [0.25, 0.3) is 0 Å². The van der Waals surface area contributed by atoms with E-state index in [1.54, 1.807) is 12.1 Å². The highest BCUT2D eigenvalue weighted by Crippen LogP contribution is 2.22. The van der Waals surface area contributed by atoms with Crippen molar-refractivity contribution < 1.29 is 9.90 Å². The second-order valence-electron chi connectivity index (χ2n) is 5.74. The summed E-state index contributed by atoms with van der Waals surface area (Å²) in [5, 5.41) is 9.29. The smallest absolute Gasteiger partial charge is 0.335 e. The number of pyridine rings is 1. The van der Waals surface area contributed by atoms with Gasteiger partial charge in [0.15, 0.2) is 0 Å². The van der Waals surface area contributed by atoms with E-state index in [2.05, 4.69) is 28.8 Å². The van der Waals surface area contributed by atoms with Gasteiger partial charge in [0.2, 0.25) is 0 Å². The zero-order valence-electron chi connectivity index (χ0n) is 13.2. The van der Waals surface area contributed by atoms with Crippen LogP contribution in [-0.4, -0.2) is 53.7 Å². The van der Waals surface area contributed by atoms with Gasteiger partial charge in [0, 0.05) is 24.8 Å². The van der Waals surface area contributed by atoms with Crippen molar-refractivity contribution in [3.05, 3.63) is 23.4 Å². The molecule has 5 nitrogen and oxygen atoms in total. The van der Waals surface area contributed by atoms with Crippen molar-refractivity contribution >= 4 is 11.8 Å². The van der Waals surface area contributed by atoms with E-state index < -0.39 is 5.97 Å². The van der Waals surface area contributed by atoms with E-state index in [4.69, 9.17) is 0 Å². The fourth-order valence-electron chi connectivity index (χ4n) is 2.92. The highest BCUT2D eigenvalue weighted by molar-refractivity contribution is 5.88. The Hall–Kier alpha value is -1.62. The Labute approximate surface area is 126 Å². The van der Waals surface area contributed by atoms with Gasteiger partial charge in [0.1, 0.15) is 5.82 Å². The van der Waals surface area contributed by atoms with E-state index >= 15 is 0 Å². The van der Waals surface area contributed by atoms with Crippen LogP contribution in [0.5, 0.6) is 0 Å². The van der Waals surface area contributed by atoms with Gasteiger partial charge in [-0.15, -0.1) is 0 Å². The molecule has 0 radical (unpaired) electrons. The number of hydrogen-bond acceptors (Lipinski definition) is 4. The zero-order chi connectivity index (χ0) is 15.4. The first-order valence-corrected chi connectivity index (χ1v) is 7.74. The topological polar surface area (TPSA) is 56.7 Å². The molecule has 1 aromatic heterocycles. The van der Waals surface area contributed by atoms with Gasteiger partial charge < -0.3 is 14.9 Å². The summed E-state index contributed by atoms with van der Waals surface area (Å²) in [6, 6.07) is 3.78. The molecule has 0 spiro atoms. The highest BCUT2D eigenvalue weighted by Gasteiger charge is 2.24. The van der Waals surface area contributed by atoms with E-state index in [1.165, 1.54) is 0 Å². The lowest BCUT2D eigenvalue weighted by atomic mass is 10.1.